The average Bonchev–Trinajstić information content (AvgIpc) is 2.73. The van der Waals surface area contributed by atoms with E-state index in [-0.39, 0.29) is 11.4 Å². The standard InChI is InChI=1S/C27H52O2/c1-5-8-10-11-12-13-14-15-16-17-18-19-20-21-22-23-26(28)29-25-27(4,7-3)24-9-6-2/h15-16H,5-14,17-25H2,1-4H3/b16-15-. The molecule has 0 saturated heterocycles. The van der Waals surface area contributed by atoms with Crippen LogP contribution in [0.15, 0.2) is 12.2 Å². The number of esters is 1. The van der Waals surface area contributed by atoms with Gasteiger partial charge in [-0.25, -0.2) is 0 Å². The van der Waals surface area contributed by atoms with Crippen molar-refractivity contribution in [1.82, 2.24) is 0 Å². The van der Waals surface area contributed by atoms with Crippen LogP contribution in [0, 0.1) is 5.41 Å². The second-order valence-electron chi connectivity index (χ2n) is 9.26. The first-order chi connectivity index (χ1) is 14.1. The molecule has 1 unspecified atom stereocenters. The van der Waals surface area contributed by atoms with Gasteiger partial charge in [-0.1, -0.05) is 104 Å². The molecule has 0 bridgehead atoms. The number of allylic oxidation sites excluding steroid dienone is 2. The summed E-state index contributed by atoms with van der Waals surface area (Å²) in [5.41, 5.74) is 0.161. The molecule has 0 aromatic carbocycles. The third-order valence-electron chi connectivity index (χ3n) is 6.21. The first-order valence-corrected chi connectivity index (χ1v) is 12.9. The van der Waals surface area contributed by atoms with Gasteiger partial charge in [-0.05, 0) is 44.9 Å². The van der Waals surface area contributed by atoms with E-state index in [0.29, 0.717) is 13.0 Å². The van der Waals surface area contributed by atoms with Crippen LogP contribution in [0.4, 0.5) is 0 Å². The lowest BCUT2D eigenvalue weighted by molar-refractivity contribution is -0.147. The van der Waals surface area contributed by atoms with Gasteiger partial charge < -0.3 is 4.74 Å². The molecule has 0 aromatic heterocycles. The van der Waals surface area contributed by atoms with Crippen LogP contribution in [0.3, 0.4) is 0 Å². The van der Waals surface area contributed by atoms with Gasteiger partial charge in [0.25, 0.3) is 0 Å². The number of carbonyl (C=O) groups excluding carboxylic acids is 1. The first-order valence-electron chi connectivity index (χ1n) is 12.9. The number of unbranched alkanes of at least 4 members (excludes halogenated alkanes) is 12. The van der Waals surface area contributed by atoms with E-state index in [1.165, 1.54) is 83.5 Å². The Labute approximate surface area is 183 Å². The van der Waals surface area contributed by atoms with Gasteiger partial charge >= 0.3 is 5.97 Å². The van der Waals surface area contributed by atoms with Crippen molar-refractivity contribution in [3.63, 3.8) is 0 Å². The van der Waals surface area contributed by atoms with E-state index in [4.69, 9.17) is 4.74 Å². The van der Waals surface area contributed by atoms with Crippen molar-refractivity contribution in [2.45, 2.75) is 143 Å². The molecule has 0 aliphatic rings. The molecule has 0 amide bonds. The molecule has 0 aromatic rings. The molecule has 2 nitrogen and oxygen atoms in total. The van der Waals surface area contributed by atoms with E-state index in [2.05, 4.69) is 39.8 Å². The lowest BCUT2D eigenvalue weighted by Crippen LogP contribution is -2.24. The van der Waals surface area contributed by atoms with E-state index in [1.807, 2.05) is 0 Å². The Morgan fingerprint density at radius 2 is 1.24 bits per heavy atom. The molecule has 0 rings (SSSR count). The topological polar surface area (TPSA) is 26.3 Å². The van der Waals surface area contributed by atoms with Crippen LogP contribution in [0.2, 0.25) is 0 Å². The fraction of sp³-hybridized carbons (Fsp3) is 0.889. The van der Waals surface area contributed by atoms with Crippen LogP contribution >= 0.6 is 0 Å². The molecule has 0 saturated carbocycles. The largest absolute Gasteiger partial charge is 0.465 e. The summed E-state index contributed by atoms with van der Waals surface area (Å²) in [6.07, 6.45) is 26.7. The van der Waals surface area contributed by atoms with E-state index in [1.54, 1.807) is 0 Å². The molecule has 172 valence electrons. The molecule has 0 N–H and O–H groups in total. The summed E-state index contributed by atoms with van der Waals surface area (Å²) in [4.78, 5) is 12.0. The molecular weight excluding hydrogens is 356 g/mol. The van der Waals surface area contributed by atoms with Crippen LogP contribution in [-0.4, -0.2) is 12.6 Å². The van der Waals surface area contributed by atoms with Crippen molar-refractivity contribution < 1.29 is 9.53 Å². The number of hydrogen-bond acceptors (Lipinski definition) is 2. The number of hydrogen-bond donors (Lipinski definition) is 0. The summed E-state index contributed by atoms with van der Waals surface area (Å²) < 4.78 is 5.57. The molecule has 1 atom stereocenters. The van der Waals surface area contributed by atoms with Crippen LogP contribution in [0.25, 0.3) is 0 Å². The Bertz CT molecular complexity index is 388. The maximum atomic E-state index is 12.0. The third-order valence-corrected chi connectivity index (χ3v) is 6.21. The van der Waals surface area contributed by atoms with Gasteiger partial charge in [-0.2, -0.15) is 0 Å². The van der Waals surface area contributed by atoms with Crippen LogP contribution in [-0.2, 0) is 9.53 Å². The zero-order valence-electron chi connectivity index (χ0n) is 20.4. The summed E-state index contributed by atoms with van der Waals surface area (Å²) >= 11 is 0. The monoisotopic (exact) mass is 408 g/mol. The molecule has 0 heterocycles. The molecule has 29 heavy (non-hydrogen) atoms. The molecule has 0 aliphatic carbocycles. The molecule has 0 aliphatic heterocycles. The van der Waals surface area contributed by atoms with Crippen LogP contribution < -0.4 is 0 Å². The fourth-order valence-corrected chi connectivity index (χ4v) is 3.62. The van der Waals surface area contributed by atoms with Crippen LogP contribution in [0.1, 0.15) is 143 Å². The Kier molecular flexibility index (Phi) is 19.9. The quantitative estimate of drug-likeness (QED) is 0.107. The fourth-order valence-electron chi connectivity index (χ4n) is 3.62. The van der Waals surface area contributed by atoms with Crippen molar-refractivity contribution in [1.29, 1.82) is 0 Å². The molecule has 0 radical (unpaired) electrons. The zero-order chi connectivity index (χ0) is 21.6. The van der Waals surface area contributed by atoms with Gasteiger partial charge in [-0.3, -0.25) is 4.79 Å². The lowest BCUT2D eigenvalue weighted by atomic mass is 9.83. The lowest BCUT2D eigenvalue weighted by Gasteiger charge is -2.27. The summed E-state index contributed by atoms with van der Waals surface area (Å²) in [5.74, 6) is -0.00111. The van der Waals surface area contributed by atoms with Crippen molar-refractivity contribution >= 4 is 5.97 Å². The predicted molar refractivity (Wildman–Crippen MR) is 128 cm³/mol. The summed E-state index contributed by atoms with van der Waals surface area (Å²) in [6, 6.07) is 0. The minimum Gasteiger partial charge on any atom is -0.465 e. The first kappa shape index (κ1) is 28.2. The predicted octanol–water partition coefficient (Wildman–Crippen LogP) is 9.17. The maximum Gasteiger partial charge on any atom is 0.305 e. The third kappa shape index (κ3) is 18.9. The maximum absolute atomic E-state index is 12.0. The van der Waals surface area contributed by atoms with Crippen LogP contribution in [0.5, 0.6) is 0 Å². The van der Waals surface area contributed by atoms with Gasteiger partial charge in [0.05, 0.1) is 6.61 Å². The number of rotatable bonds is 21. The minimum atomic E-state index is -0.00111. The van der Waals surface area contributed by atoms with Gasteiger partial charge in [0.2, 0.25) is 0 Å². The minimum absolute atomic E-state index is 0.00111. The molecular formula is C27H52O2. The molecule has 2 heteroatoms. The van der Waals surface area contributed by atoms with Gasteiger partial charge in [0.15, 0.2) is 0 Å². The normalized spacial score (nSPS) is 13.7. The molecule has 0 fully saturated rings. The van der Waals surface area contributed by atoms with E-state index >= 15 is 0 Å². The highest BCUT2D eigenvalue weighted by molar-refractivity contribution is 5.69. The summed E-state index contributed by atoms with van der Waals surface area (Å²) in [6.45, 7) is 9.53. The van der Waals surface area contributed by atoms with E-state index in [9.17, 15) is 4.79 Å². The van der Waals surface area contributed by atoms with Gasteiger partial charge in [-0.15, -0.1) is 0 Å². The highest BCUT2D eigenvalue weighted by Gasteiger charge is 2.23. The Morgan fingerprint density at radius 1 is 0.724 bits per heavy atom. The van der Waals surface area contributed by atoms with E-state index in [0.717, 1.165) is 25.7 Å². The summed E-state index contributed by atoms with van der Waals surface area (Å²) in [7, 11) is 0. The van der Waals surface area contributed by atoms with Gasteiger partial charge in [0, 0.05) is 11.8 Å². The van der Waals surface area contributed by atoms with Gasteiger partial charge in [0.1, 0.15) is 0 Å². The highest BCUT2D eigenvalue weighted by Crippen LogP contribution is 2.28. The van der Waals surface area contributed by atoms with Crippen molar-refractivity contribution in [3.05, 3.63) is 12.2 Å². The molecule has 0 spiro atoms. The van der Waals surface area contributed by atoms with E-state index < -0.39 is 0 Å². The van der Waals surface area contributed by atoms with Crippen molar-refractivity contribution in [2.75, 3.05) is 6.61 Å². The average molecular weight is 409 g/mol. The van der Waals surface area contributed by atoms with Crippen molar-refractivity contribution in [2.24, 2.45) is 5.41 Å². The number of carbonyl (C=O) groups is 1. The van der Waals surface area contributed by atoms with Crippen molar-refractivity contribution in [3.8, 4) is 0 Å². The zero-order valence-corrected chi connectivity index (χ0v) is 20.4. The SMILES string of the molecule is CCCCCCCC/C=C\CCCCCCCC(=O)OCC(C)(CC)CCCC. The number of ether oxygens (including phenoxy) is 1. The summed E-state index contributed by atoms with van der Waals surface area (Å²) in [5, 5.41) is 0. The highest BCUT2D eigenvalue weighted by atomic mass is 16.5. The second-order valence-corrected chi connectivity index (χ2v) is 9.26. The second kappa shape index (κ2) is 20.5. The Hall–Kier alpha value is -0.790. The Balaban J connectivity index is 3.47. The smallest absolute Gasteiger partial charge is 0.305 e. The Morgan fingerprint density at radius 3 is 1.79 bits per heavy atom.